The molecule has 1 aromatic heterocycles. The third-order valence-electron chi connectivity index (χ3n) is 3.18. The first-order chi connectivity index (χ1) is 9.52. The van der Waals surface area contributed by atoms with E-state index >= 15 is 0 Å². The van der Waals surface area contributed by atoms with E-state index in [-0.39, 0.29) is 11.4 Å². The zero-order valence-electron chi connectivity index (χ0n) is 11.6. The molecule has 0 fully saturated rings. The number of aryl methyl sites for hydroxylation is 2. The van der Waals surface area contributed by atoms with Crippen molar-refractivity contribution in [2.45, 2.75) is 33.2 Å². The second-order valence-corrected chi connectivity index (χ2v) is 4.78. The first-order valence-corrected chi connectivity index (χ1v) is 6.60. The van der Waals surface area contributed by atoms with Crippen molar-refractivity contribution in [3.63, 3.8) is 0 Å². The summed E-state index contributed by atoms with van der Waals surface area (Å²) in [6.45, 7) is 4.38. The Balaban J connectivity index is 2.45. The number of aromatic carboxylic acids is 1. The molecular weight excluding hydrogens is 259 g/mol. The Hall–Kier alpha value is -2.17. The Kier molecular flexibility index (Phi) is 4.17. The molecule has 4 nitrogen and oxygen atoms in total. The third kappa shape index (κ3) is 2.87. The number of carbonyl (C=O) groups is 1. The molecule has 0 saturated heterocycles. The predicted molar refractivity (Wildman–Crippen MR) is 74.2 cm³/mol. The number of carboxylic acid groups (broad SMARTS) is 1. The molecule has 2 aromatic rings. The quantitative estimate of drug-likeness (QED) is 0.909. The molecule has 1 aromatic carbocycles. The molecule has 0 aliphatic carbocycles. The van der Waals surface area contributed by atoms with Crippen molar-refractivity contribution in [1.29, 1.82) is 0 Å². The van der Waals surface area contributed by atoms with E-state index in [1.165, 1.54) is 12.3 Å². The van der Waals surface area contributed by atoms with Gasteiger partial charge in [-0.05, 0) is 25.0 Å². The molecule has 0 unspecified atom stereocenters. The summed E-state index contributed by atoms with van der Waals surface area (Å²) in [5.41, 5.74) is 1.42. The number of carboxylic acids is 1. The van der Waals surface area contributed by atoms with Crippen LogP contribution in [-0.2, 0) is 6.54 Å². The van der Waals surface area contributed by atoms with Gasteiger partial charge in [-0.1, -0.05) is 25.5 Å². The summed E-state index contributed by atoms with van der Waals surface area (Å²) in [4.78, 5) is 11.3. The van der Waals surface area contributed by atoms with Crippen LogP contribution in [0.1, 0.15) is 35.7 Å². The minimum absolute atomic E-state index is 0.101. The number of hydrogen-bond donors (Lipinski definition) is 1. The number of nitrogens with zero attached hydrogens (tertiary/aromatic N) is 2. The van der Waals surface area contributed by atoms with E-state index in [9.17, 15) is 14.3 Å². The monoisotopic (exact) mass is 276 g/mol. The van der Waals surface area contributed by atoms with Crippen molar-refractivity contribution < 1.29 is 14.3 Å². The molecular formula is C15H17FN2O2. The van der Waals surface area contributed by atoms with Gasteiger partial charge in [0.25, 0.3) is 0 Å². The van der Waals surface area contributed by atoms with E-state index in [0.717, 1.165) is 12.8 Å². The fourth-order valence-corrected chi connectivity index (χ4v) is 1.97. The van der Waals surface area contributed by atoms with Crippen LogP contribution in [0.15, 0.2) is 24.4 Å². The summed E-state index contributed by atoms with van der Waals surface area (Å²) in [6, 6.07) is 4.65. The number of unbranched alkanes of at least 4 members (excludes halogenated alkanes) is 1. The fraction of sp³-hybridized carbons (Fsp3) is 0.333. The van der Waals surface area contributed by atoms with Gasteiger partial charge < -0.3 is 5.11 Å². The molecule has 0 bridgehead atoms. The van der Waals surface area contributed by atoms with Gasteiger partial charge in [0.05, 0.1) is 0 Å². The molecule has 0 atom stereocenters. The van der Waals surface area contributed by atoms with E-state index in [1.807, 2.05) is 0 Å². The van der Waals surface area contributed by atoms with Gasteiger partial charge in [-0.3, -0.25) is 4.68 Å². The SMILES string of the molecule is CCCCn1cc(C(=O)O)c(-c2ccc(C)c(F)c2)n1. The number of rotatable bonds is 5. The van der Waals surface area contributed by atoms with Crippen molar-refractivity contribution in [2.75, 3.05) is 0 Å². The van der Waals surface area contributed by atoms with Crippen LogP contribution in [0.4, 0.5) is 4.39 Å². The lowest BCUT2D eigenvalue weighted by atomic mass is 10.1. The molecule has 0 aliphatic heterocycles. The molecule has 20 heavy (non-hydrogen) atoms. The zero-order chi connectivity index (χ0) is 14.7. The molecule has 1 N–H and O–H groups in total. The standard InChI is InChI=1S/C15H17FN2O2/c1-3-4-7-18-9-12(15(19)20)14(17-18)11-6-5-10(2)13(16)8-11/h5-6,8-9H,3-4,7H2,1-2H3,(H,19,20). The summed E-state index contributed by atoms with van der Waals surface area (Å²) in [7, 11) is 0. The minimum atomic E-state index is -1.05. The lowest BCUT2D eigenvalue weighted by molar-refractivity contribution is 0.0697. The van der Waals surface area contributed by atoms with Crippen molar-refractivity contribution in [2.24, 2.45) is 0 Å². The molecule has 0 radical (unpaired) electrons. The highest BCUT2D eigenvalue weighted by molar-refractivity contribution is 5.94. The van der Waals surface area contributed by atoms with Crippen LogP contribution in [0, 0.1) is 12.7 Å². The first kappa shape index (κ1) is 14.2. The largest absolute Gasteiger partial charge is 0.478 e. The van der Waals surface area contributed by atoms with Crippen LogP contribution < -0.4 is 0 Å². The molecule has 2 rings (SSSR count). The number of hydrogen-bond acceptors (Lipinski definition) is 2. The maximum absolute atomic E-state index is 13.6. The lowest BCUT2D eigenvalue weighted by Crippen LogP contribution is -1.98. The third-order valence-corrected chi connectivity index (χ3v) is 3.18. The summed E-state index contributed by atoms with van der Waals surface area (Å²) >= 11 is 0. The van der Waals surface area contributed by atoms with Gasteiger partial charge in [0.15, 0.2) is 0 Å². The Labute approximate surface area is 116 Å². The molecule has 106 valence electrons. The summed E-state index contributed by atoms with van der Waals surface area (Å²) < 4.78 is 15.2. The summed E-state index contributed by atoms with van der Waals surface area (Å²) in [5.74, 6) is -1.41. The molecule has 0 spiro atoms. The van der Waals surface area contributed by atoms with Crippen molar-refractivity contribution in [3.8, 4) is 11.3 Å². The highest BCUT2D eigenvalue weighted by Crippen LogP contribution is 2.24. The van der Waals surface area contributed by atoms with E-state index in [2.05, 4.69) is 12.0 Å². The van der Waals surface area contributed by atoms with Crippen LogP contribution in [0.3, 0.4) is 0 Å². The van der Waals surface area contributed by atoms with Crippen molar-refractivity contribution in [1.82, 2.24) is 9.78 Å². The van der Waals surface area contributed by atoms with Crippen molar-refractivity contribution >= 4 is 5.97 Å². The van der Waals surface area contributed by atoms with Crippen molar-refractivity contribution in [3.05, 3.63) is 41.3 Å². The zero-order valence-corrected chi connectivity index (χ0v) is 11.6. The highest BCUT2D eigenvalue weighted by Gasteiger charge is 2.17. The Bertz CT molecular complexity index is 635. The average molecular weight is 276 g/mol. The van der Waals surface area contributed by atoms with E-state index in [0.29, 0.717) is 23.4 Å². The van der Waals surface area contributed by atoms with Gasteiger partial charge in [0.1, 0.15) is 17.1 Å². The van der Waals surface area contributed by atoms with Crippen LogP contribution in [0.5, 0.6) is 0 Å². The molecule has 1 heterocycles. The van der Waals surface area contributed by atoms with Crippen LogP contribution >= 0.6 is 0 Å². The second-order valence-electron chi connectivity index (χ2n) is 4.78. The first-order valence-electron chi connectivity index (χ1n) is 6.60. The predicted octanol–water partition coefficient (Wildman–Crippen LogP) is 3.50. The normalized spacial score (nSPS) is 10.8. The molecule has 5 heteroatoms. The van der Waals surface area contributed by atoms with Gasteiger partial charge >= 0.3 is 5.97 Å². The summed E-state index contributed by atoms with van der Waals surface area (Å²) in [5, 5.41) is 13.5. The maximum Gasteiger partial charge on any atom is 0.339 e. The van der Waals surface area contributed by atoms with Crippen LogP contribution in [0.25, 0.3) is 11.3 Å². The Morgan fingerprint density at radius 1 is 1.45 bits per heavy atom. The molecule has 0 saturated carbocycles. The Morgan fingerprint density at radius 3 is 2.80 bits per heavy atom. The minimum Gasteiger partial charge on any atom is -0.478 e. The van der Waals surface area contributed by atoms with Gasteiger partial charge in [-0.15, -0.1) is 0 Å². The van der Waals surface area contributed by atoms with E-state index in [4.69, 9.17) is 0 Å². The number of aromatic nitrogens is 2. The van der Waals surface area contributed by atoms with Crippen LogP contribution in [0.2, 0.25) is 0 Å². The molecule has 0 aliphatic rings. The summed E-state index contributed by atoms with van der Waals surface area (Å²) in [6.07, 6.45) is 3.42. The maximum atomic E-state index is 13.6. The average Bonchev–Trinajstić information content (AvgIpc) is 2.84. The smallest absolute Gasteiger partial charge is 0.339 e. The number of benzene rings is 1. The van der Waals surface area contributed by atoms with Gasteiger partial charge in [0, 0.05) is 18.3 Å². The topological polar surface area (TPSA) is 55.1 Å². The highest BCUT2D eigenvalue weighted by atomic mass is 19.1. The number of halogens is 1. The van der Waals surface area contributed by atoms with E-state index < -0.39 is 5.97 Å². The van der Waals surface area contributed by atoms with Gasteiger partial charge in [-0.2, -0.15) is 5.10 Å². The van der Waals surface area contributed by atoms with Crippen LogP contribution in [-0.4, -0.2) is 20.9 Å². The fourth-order valence-electron chi connectivity index (χ4n) is 1.97. The lowest BCUT2D eigenvalue weighted by Gasteiger charge is -2.02. The Morgan fingerprint density at radius 2 is 2.20 bits per heavy atom. The van der Waals surface area contributed by atoms with Gasteiger partial charge in [-0.25, -0.2) is 9.18 Å². The van der Waals surface area contributed by atoms with Gasteiger partial charge in [0.2, 0.25) is 0 Å². The van der Waals surface area contributed by atoms with E-state index in [1.54, 1.807) is 23.7 Å². The molecule has 0 amide bonds. The second kappa shape index (κ2) is 5.86.